The van der Waals surface area contributed by atoms with E-state index in [0.717, 1.165) is 44.2 Å². The summed E-state index contributed by atoms with van der Waals surface area (Å²) in [5.74, 6) is 1.52. The largest absolute Gasteiger partial charge is 0.469 e. The molecular weight excluding hydrogens is 307 g/mol. The summed E-state index contributed by atoms with van der Waals surface area (Å²) < 4.78 is 19.0. The Bertz CT molecular complexity index is 628. The average Bonchev–Trinajstić information content (AvgIpc) is 3.10. The summed E-state index contributed by atoms with van der Waals surface area (Å²) in [5.41, 5.74) is 0.624. The zero-order valence-electron chi connectivity index (χ0n) is 14.3. The van der Waals surface area contributed by atoms with Crippen molar-refractivity contribution in [2.24, 2.45) is 4.99 Å². The summed E-state index contributed by atoms with van der Waals surface area (Å²) in [5, 5.41) is 6.50. The van der Waals surface area contributed by atoms with Crippen molar-refractivity contribution in [3.05, 3.63) is 54.2 Å². The monoisotopic (exact) mass is 332 g/mol. The molecule has 0 aliphatic rings. The highest BCUT2D eigenvalue weighted by Gasteiger charge is 2.06. The number of furan rings is 1. The predicted octanol–water partition coefficient (Wildman–Crippen LogP) is 2.65. The fourth-order valence-corrected chi connectivity index (χ4v) is 2.38. The number of aliphatic imine (C=N–C) groups is 1. The second-order valence-corrected chi connectivity index (χ2v) is 5.48. The number of hydrogen-bond acceptors (Lipinski definition) is 3. The number of rotatable bonds is 8. The third kappa shape index (κ3) is 5.61. The minimum Gasteiger partial charge on any atom is -0.469 e. The van der Waals surface area contributed by atoms with Gasteiger partial charge in [0.15, 0.2) is 5.96 Å². The van der Waals surface area contributed by atoms with Crippen LogP contribution in [0.25, 0.3) is 0 Å². The van der Waals surface area contributed by atoms with Gasteiger partial charge >= 0.3 is 0 Å². The predicted molar refractivity (Wildman–Crippen MR) is 96.1 cm³/mol. The number of nitrogens with zero attached hydrogens (tertiary/aromatic N) is 2. The molecule has 1 aromatic heterocycles. The fraction of sp³-hybridized carbons (Fsp3) is 0.389. The van der Waals surface area contributed by atoms with Crippen molar-refractivity contribution in [3.63, 3.8) is 0 Å². The summed E-state index contributed by atoms with van der Waals surface area (Å²) in [6.07, 6.45) is 3.36. The van der Waals surface area contributed by atoms with Gasteiger partial charge < -0.3 is 20.0 Å². The minimum atomic E-state index is -0.191. The van der Waals surface area contributed by atoms with Crippen molar-refractivity contribution in [2.45, 2.75) is 12.8 Å². The zero-order valence-corrected chi connectivity index (χ0v) is 14.3. The van der Waals surface area contributed by atoms with E-state index >= 15 is 0 Å². The van der Waals surface area contributed by atoms with Crippen LogP contribution in [0.3, 0.4) is 0 Å². The zero-order chi connectivity index (χ0) is 17.2. The molecule has 0 amide bonds. The second-order valence-electron chi connectivity index (χ2n) is 5.48. The first kappa shape index (κ1) is 17.8. The summed E-state index contributed by atoms with van der Waals surface area (Å²) in [7, 11) is 3.64. The van der Waals surface area contributed by atoms with Crippen LogP contribution in [0.1, 0.15) is 12.2 Å². The molecule has 0 saturated carbocycles. The van der Waals surface area contributed by atoms with Gasteiger partial charge in [-0.1, -0.05) is 12.1 Å². The summed E-state index contributed by atoms with van der Waals surface area (Å²) in [4.78, 5) is 6.11. The molecule has 0 atom stereocenters. The molecule has 2 rings (SSSR count). The van der Waals surface area contributed by atoms with Gasteiger partial charge in [-0.15, -0.1) is 0 Å². The van der Waals surface area contributed by atoms with E-state index in [9.17, 15) is 4.39 Å². The van der Waals surface area contributed by atoms with Crippen molar-refractivity contribution in [1.82, 2.24) is 10.6 Å². The number of hydrogen-bond donors (Lipinski definition) is 2. The summed E-state index contributed by atoms with van der Waals surface area (Å²) in [6, 6.07) is 10.7. The van der Waals surface area contributed by atoms with Crippen molar-refractivity contribution < 1.29 is 8.81 Å². The van der Waals surface area contributed by atoms with E-state index in [1.54, 1.807) is 25.4 Å². The van der Waals surface area contributed by atoms with Gasteiger partial charge in [0.1, 0.15) is 11.6 Å². The van der Waals surface area contributed by atoms with Crippen LogP contribution in [0.5, 0.6) is 0 Å². The van der Waals surface area contributed by atoms with Crippen LogP contribution >= 0.6 is 0 Å². The minimum absolute atomic E-state index is 0.191. The lowest BCUT2D eigenvalue weighted by molar-refractivity contribution is 0.506. The van der Waals surface area contributed by atoms with Crippen LogP contribution < -0.4 is 15.5 Å². The van der Waals surface area contributed by atoms with Gasteiger partial charge in [-0.2, -0.15) is 0 Å². The Balaban J connectivity index is 1.64. The van der Waals surface area contributed by atoms with E-state index in [1.807, 2.05) is 30.1 Å². The van der Waals surface area contributed by atoms with Gasteiger partial charge in [0, 0.05) is 40.2 Å². The molecule has 0 unspecified atom stereocenters. The Morgan fingerprint density at radius 3 is 2.67 bits per heavy atom. The first-order chi connectivity index (χ1) is 11.7. The molecule has 2 aromatic rings. The molecule has 6 heteroatoms. The van der Waals surface area contributed by atoms with Gasteiger partial charge in [-0.3, -0.25) is 4.99 Å². The lowest BCUT2D eigenvalue weighted by Gasteiger charge is -2.20. The Kier molecular flexibility index (Phi) is 7.14. The summed E-state index contributed by atoms with van der Waals surface area (Å²) in [6.45, 7) is 2.28. The molecule has 0 saturated heterocycles. The Morgan fingerprint density at radius 2 is 1.96 bits per heavy atom. The molecule has 0 aliphatic carbocycles. The first-order valence-corrected chi connectivity index (χ1v) is 8.13. The lowest BCUT2D eigenvalue weighted by Crippen LogP contribution is -2.39. The van der Waals surface area contributed by atoms with E-state index in [1.165, 1.54) is 6.07 Å². The number of nitrogens with one attached hydrogen (secondary N) is 2. The molecule has 1 heterocycles. The maximum absolute atomic E-state index is 13.7. The quantitative estimate of drug-likeness (QED) is 0.443. The Labute approximate surface area is 142 Å². The molecule has 0 spiro atoms. The maximum Gasteiger partial charge on any atom is 0.190 e. The van der Waals surface area contributed by atoms with Crippen molar-refractivity contribution in [1.29, 1.82) is 0 Å². The van der Waals surface area contributed by atoms with Crippen molar-refractivity contribution in [2.75, 3.05) is 38.6 Å². The molecule has 24 heavy (non-hydrogen) atoms. The lowest BCUT2D eigenvalue weighted by atomic mass is 10.2. The van der Waals surface area contributed by atoms with Gasteiger partial charge in [-0.05, 0) is 30.7 Å². The molecule has 0 bridgehead atoms. The topological polar surface area (TPSA) is 52.8 Å². The van der Waals surface area contributed by atoms with Crippen molar-refractivity contribution in [3.8, 4) is 0 Å². The Hall–Kier alpha value is -2.50. The van der Waals surface area contributed by atoms with E-state index < -0.39 is 0 Å². The Morgan fingerprint density at radius 1 is 1.17 bits per heavy atom. The van der Waals surface area contributed by atoms with E-state index in [0.29, 0.717) is 5.69 Å². The molecule has 2 N–H and O–H groups in total. The standard InChI is InChI=1S/C18H25FN4O/c1-20-18(22-12-10-15-7-5-14-24-15)21-11-6-13-23(2)17-9-4-3-8-16(17)19/h3-5,7-9,14H,6,10-13H2,1-2H3,(H2,20,21,22). The van der Waals surface area contributed by atoms with Crippen LogP contribution in [0.2, 0.25) is 0 Å². The molecule has 0 aliphatic heterocycles. The summed E-state index contributed by atoms with van der Waals surface area (Å²) >= 11 is 0. The molecular formula is C18H25FN4O. The highest BCUT2D eigenvalue weighted by molar-refractivity contribution is 5.79. The molecule has 1 aromatic carbocycles. The van der Waals surface area contributed by atoms with Gasteiger partial charge in [0.05, 0.1) is 12.0 Å². The van der Waals surface area contributed by atoms with Crippen LogP contribution in [-0.4, -0.2) is 39.7 Å². The maximum atomic E-state index is 13.7. The molecule has 0 fully saturated rings. The number of halogens is 1. The van der Waals surface area contributed by atoms with Crippen molar-refractivity contribution >= 4 is 11.6 Å². The highest BCUT2D eigenvalue weighted by atomic mass is 19.1. The van der Waals surface area contributed by atoms with E-state index in [-0.39, 0.29) is 5.82 Å². The first-order valence-electron chi connectivity index (χ1n) is 8.13. The third-order valence-corrected chi connectivity index (χ3v) is 3.69. The van der Waals surface area contributed by atoms with Crippen LogP contribution in [0.4, 0.5) is 10.1 Å². The highest BCUT2D eigenvalue weighted by Crippen LogP contribution is 2.16. The molecule has 130 valence electrons. The number of benzene rings is 1. The van der Waals surface area contributed by atoms with E-state index in [4.69, 9.17) is 4.42 Å². The van der Waals surface area contributed by atoms with Gasteiger partial charge in [-0.25, -0.2) is 4.39 Å². The number of para-hydroxylation sites is 1. The number of guanidine groups is 1. The molecule has 0 radical (unpaired) electrons. The number of anilines is 1. The van der Waals surface area contributed by atoms with Crippen LogP contribution in [0, 0.1) is 5.82 Å². The van der Waals surface area contributed by atoms with Crippen LogP contribution in [0.15, 0.2) is 52.1 Å². The van der Waals surface area contributed by atoms with Gasteiger partial charge in [0.2, 0.25) is 0 Å². The van der Waals surface area contributed by atoms with E-state index in [2.05, 4.69) is 15.6 Å². The third-order valence-electron chi connectivity index (χ3n) is 3.69. The SMILES string of the molecule is CN=C(NCCCN(C)c1ccccc1F)NCCc1ccco1. The normalized spacial score (nSPS) is 11.4. The fourth-order valence-electron chi connectivity index (χ4n) is 2.38. The smallest absolute Gasteiger partial charge is 0.190 e. The molecule has 5 nitrogen and oxygen atoms in total. The van der Waals surface area contributed by atoms with Gasteiger partial charge in [0.25, 0.3) is 0 Å². The second kappa shape index (κ2) is 9.60. The average molecular weight is 332 g/mol. The van der Waals surface area contributed by atoms with Crippen LogP contribution in [-0.2, 0) is 6.42 Å².